The van der Waals surface area contributed by atoms with Crippen molar-refractivity contribution in [3.8, 4) is 17.2 Å². The fourth-order valence-electron chi connectivity index (χ4n) is 3.24. The minimum Gasteiger partial charge on any atom is -0.497 e. The number of aromatic nitrogens is 2. The van der Waals surface area contributed by atoms with Crippen molar-refractivity contribution in [3.05, 3.63) is 72.1 Å². The van der Waals surface area contributed by atoms with Crippen molar-refractivity contribution in [2.24, 2.45) is 0 Å². The maximum atomic E-state index is 13.7. The molecule has 0 bridgehead atoms. The van der Waals surface area contributed by atoms with Crippen molar-refractivity contribution in [3.63, 3.8) is 0 Å². The lowest BCUT2D eigenvalue weighted by atomic mass is 10.1. The Balaban J connectivity index is 1.81. The number of fused-ring (bicyclic) bond motifs is 1. The number of methoxy groups -OCH3 is 3. The van der Waals surface area contributed by atoms with Gasteiger partial charge in [0.15, 0.2) is 16.6 Å². The maximum Gasteiger partial charge on any atom is 0.264 e. The Morgan fingerprint density at radius 3 is 2.61 bits per heavy atom. The molecule has 0 aliphatic rings. The van der Waals surface area contributed by atoms with Gasteiger partial charge in [-0.1, -0.05) is 23.5 Å². The molecule has 2 aromatic carbocycles. The molecule has 31 heavy (non-hydrogen) atoms. The molecule has 0 N–H and O–H groups in total. The zero-order valence-corrected chi connectivity index (χ0v) is 18.2. The van der Waals surface area contributed by atoms with Crippen molar-refractivity contribution in [1.29, 1.82) is 0 Å². The van der Waals surface area contributed by atoms with Gasteiger partial charge in [0.05, 0.1) is 43.7 Å². The third kappa shape index (κ3) is 4.15. The van der Waals surface area contributed by atoms with E-state index in [4.69, 9.17) is 19.2 Å². The van der Waals surface area contributed by atoms with Crippen molar-refractivity contribution in [1.82, 2.24) is 9.97 Å². The molecule has 0 saturated heterocycles. The first-order valence-corrected chi connectivity index (χ1v) is 10.3. The fourth-order valence-corrected chi connectivity index (χ4v) is 4.23. The molecular weight excluding hydrogens is 414 g/mol. The number of ether oxygens (including phenoxy) is 3. The van der Waals surface area contributed by atoms with Gasteiger partial charge in [0, 0.05) is 12.4 Å². The SMILES string of the molecule is COc1ccc2nc(N(Cc3cccnc3)C(=O)c3cccc(OC)c3OC)sc2c1. The highest BCUT2D eigenvalue weighted by Crippen LogP contribution is 2.36. The first kappa shape index (κ1) is 20.6. The summed E-state index contributed by atoms with van der Waals surface area (Å²) in [6.45, 7) is 0.310. The zero-order chi connectivity index (χ0) is 21.8. The number of para-hydroxylation sites is 1. The summed E-state index contributed by atoms with van der Waals surface area (Å²) in [5.74, 6) is 1.37. The number of amides is 1. The summed E-state index contributed by atoms with van der Waals surface area (Å²) in [7, 11) is 4.68. The summed E-state index contributed by atoms with van der Waals surface area (Å²) in [5.41, 5.74) is 2.07. The zero-order valence-electron chi connectivity index (χ0n) is 17.4. The topological polar surface area (TPSA) is 73.8 Å². The summed E-state index contributed by atoms with van der Waals surface area (Å²) in [6.07, 6.45) is 3.43. The van der Waals surface area contributed by atoms with Gasteiger partial charge in [0.2, 0.25) is 0 Å². The molecule has 2 heterocycles. The molecule has 7 nitrogen and oxygen atoms in total. The van der Waals surface area contributed by atoms with Gasteiger partial charge < -0.3 is 14.2 Å². The normalized spacial score (nSPS) is 10.7. The number of nitrogens with zero attached hydrogens (tertiary/aromatic N) is 3. The quantitative estimate of drug-likeness (QED) is 0.424. The third-order valence-corrected chi connectivity index (χ3v) is 5.80. The number of thiazole rings is 1. The van der Waals surface area contributed by atoms with E-state index < -0.39 is 0 Å². The van der Waals surface area contributed by atoms with Gasteiger partial charge in [-0.2, -0.15) is 0 Å². The monoisotopic (exact) mass is 435 g/mol. The van der Waals surface area contributed by atoms with Gasteiger partial charge in [0.1, 0.15) is 5.75 Å². The smallest absolute Gasteiger partial charge is 0.264 e. The van der Waals surface area contributed by atoms with E-state index in [1.165, 1.54) is 18.4 Å². The van der Waals surface area contributed by atoms with Crippen LogP contribution in [0.2, 0.25) is 0 Å². The predicted molar refractivity (Wildman–Crippen MR) is 120 cm³/mol. The Kier molecular flexibility index (Phi) is 5.99. The minimum absolute atomic E-state index is 0.245. The van der Waals surface area contributed by atoms with Crippen LogP contribution in [0.1, 0.15) is 15.9 Å². The van der Waals surface area contributed by atoms with E-state index in [0.717, 1.165) is 21.5 Å². The molecule has 4 aromatic rings. The van der Waals surface area contributed by atoms with Gasteiger partial charge in [-0.25, -0.2) is 4.98 Å². The van der Waals surface area contributed by atoms with E-state index in [-0.39, 0.29) is 5.91 Å². The molecule has 158 valence electrons. The van der Waals surface area contributed by atoms with Gasteiger partial charge in [0.25, 0.3) is 5.91 Å². The first-order chi connectivity index (χ1) is 15.1. The van der Waals surface area contributed by atoms with Gasteiger partial charge in [-0.05, 0) is 42.0 Å². The lowest BCUT2D eigenvalue weighted by molar-refractivity contribution is 0.0981. The number of carbonyl (C=O) groups is 1. The Morgan fingerprint density at radius 1 is 1.03 bits per heavy atom. The average molecular weight is 436 g/mol. The molecule has 0 aliphatic heterocycles. The molecule has 0 aliphatic carbocycles. The number of carbonyl (C=O) groups excluding carboxylic acids is 1. The Morgan fingerprint density at radius 2 is 1.90 bits per heavy atom. The molecule has 0 radical (unpaired) electrons. The van der Waals surface area contributed by atoms with Gasteiger partial charge in [-0.15, -0.1) is 0 Å². The Bertz CT molecular complexity index is 1210. The van der Waals surface area contributed by atoms with E-state index in [0.29, 0.717) is 28.7 Å². The van der Waals surface area contributed by atoms with Crippen LogP contribution >= 0.6 is 11.3 Å². The van der Waals surface area contributed by atoms with Crippen LogP contribution in [0.3, 0.4) is 0 Å². The summed E-state index contributed by atoms with van der Waals surface area (Å²) >= 11 is 1.42. The molecule has 0 spiro atoms. The standard InChI is InChI=1S/C23H21N3O4S/c1-28-16-9-10-18-20(12-16)31-23(25-18)26(14-15-6-5-11-24-13-15)22(27)17-7-4-8-19(29-2)21(17)30-3/h4-13H,14H2,1-3H3. The van der Waals surface area contributed by atoms with E-state index in [9.17, 15) is 4.79 Å². The third-order valence-electron chi connectivity index (χ3n) is 4.76. The van der Waals surface area contributed by atoms with Crippen LogP contribution in [-0.4, -0.2) is 37.2 Å². The van der Waals surface area contributed by atoms with Crippen molar-refractivity contribution < 1.29 is 19.0 Å². The maximum absolute atomic E-state index is 13.7. The number of pyridine rings is 1. The van der Waals surface area contributed by atoms with Crippen LogP contribution in [-0.2, 0) is 6.54 Å². The number of rotatable bonds is 7. The van der Waals surface area contributed by atoms with Gasteiger partial charge in [-0.3, -0.25) is 14.7 Å². The lowest BCUT2D eigenvalue weighted by Gasteiger charge is -2.21. The van der Waals surface area contributed by atoms with Crippen molar-refractivity contribution in [2.45, 2.75) is 6.54 Å². The number of hydrogen-bond acceptors (Lipinski definition) is 7. The summed E-state index contributed by atoms with van der Waals surface area (Å²) < 4.78 is 17.1. The van der Waals surface area contributed by atoms with Crippen LogP contribution in [0.25, 0.3) is 10.2 Å². The Labute approximate surface area is 183 Å². The van der Waals surface area contributed by atoms with Crippen LogP contribution in [0.5, 0.6) is 17.2 Å². The van der Waals surface area contributed by atoms with Crippen LogP contribution < -0.4 is 19.1 Å². The van der Waals surface area contributed by atoms with Gasteiger partial charge >= 0.3 is 0 Å². The van der Waals surface area contributed by atoms with E-state index in [1.807, 2.05) is 30.3 Å². The molecule has 0 fully saturated rings. The molecule has 0 unspecified atom stereocenters. The molecule has 4 rings (SSSR count). The second-order valence-corrected chi connectivity index (χ2v) is 7.63. The molecule has 0 saturated carbocycles. The largest absolute Gasteiger partial charge is 0.497 e. The fraction of sp³-hybridized carbons (Fsp3) is 0.174. The molecule has 8 heteroatoms. The summed E-state index contributed by atoms with van der Waals surface area (Å²) in [6, 6.07) is 14.6. The van der Waals surface area contributed by atoms with E-state index >= 15 is 0 Å². The second kappa shape index (κ2) is 9.01. The number of benzene rings is 2. The molecular formula is C23H21N3O4S. The highest BCUT2D eigenvalue weighted by atomic mass is 32.1. The second-order valence-electron chi connectivity index (χ2n) is 6.62. The van der Waals surface area contributed by atoms with Crippen LogP contribution in [0.4, 0.5) is 5.13 Å². The summed E-state index contributed by atoms with van der Waals surface area (Å²) in [4.78, 5) is 24.2. The number of hydrogen-bond donors (Lipinski definition) is 0. The lowest BCUT2D eigenvalue weighted by Crippen LogP contribution is -2.30. The molecule has 0 atom stereocenters. The Hall–Kier alpha value is -3.65. The minimum atomic E-state index is -0.245. The predicted octanol–water partition coefficient (Wildman–Crippen LogP) is 4.56. The average Bonchev–Trinajstić information content (AvgIpc) is 3.25. The highest BCUT2D eigenvalue weighted by Gasteiger charge is 2.26. The summed E-state index contributed by atoms with van der Waals surface area (Å²) in [5, 5.41) is 0.571. The number of anilines is 1. The van der Waals surface area contributed by atoms with E-state index in [2.05, 4.69) is 4.98 Å². The first-order valence-electron chi connectivity index (χ1n) is 9.51. The highest BCUT2D eigenvalue weighted by molar-refractivity contribution is 7.22. The van der Waals surface area contributed by atoms with E-state index in [1.54, 1.807) is 49.7 Å². The van der Waals surface area contributed by atoms with Crippen LogP contribution in [0.15, 0.2) is 60.9 Å². The van der Waals surface area contributed by atoms with Crippen molar-refractivity contribution >= 4 is 32.6 Å². The molecule has 1 amide bonds. The van der Waals surface area contributed by atoms with Crippen molar-refractivity contribution in [2.75, 3.05) is 26.2 Å². The van der Waals surface area contributed by atoms with Crippen LogP contribution in [0, 0.1) is 0 Å². The molecule has 2 aromatic heterocycles.